The van der Waals surface area contributed by atoms with E-state index in [2.05, 4.69) is 14.9 Å². The maximum Gasteiger partial charge on any atom is 0.319 e. The summed E-state index contributed by atoms with van der Waals surface area (Å²) in [6.45, 7) is 2.50. The number of aliphatic hydroxyl groups excluding tert-OH is 1. The Morgan fingerprint density at radius 3 is 2.73 bits per heavy atom. The number of rotatable bonds is 7. The zero-order chi connectivity index (χ0) is 28.2. The van der Waals surface area contributed by atoms with Crippen LogP contribution >= 0.6 is 22.9 Å². The van der Waals surface area contributed by atoms with Crippen molar-refractivity contribution in [3.8, 4) is 17.1 Å². The molecule has 0 radical (unpaired) electrons. The summed E-state index contributed by atoms with van der Waals surface area (Å²) in [7, 11) is 4.06. The molecule has 2 aromatic carbocycles. The number of benzene rings is 2. The van der Waals surface area contributed by atoms with Crippen molar-refractivity contribution in [3.05, 3.63) is 34.9 Å². The number of aliphatic hydroxyl groups is 1. The van der Waals surface area contributed by atoms with E-state index in [0.29, 0.717) is 49.3 Å². The minimum Gasteiger partial charge on any atom is -0.463 e. The molecular weight excluding hydrogens is 558 g/mol. The van der Waals surface area contributed by atoms with Gasteiger partial charge in [0.2, 0.25) is 0 Å². The number of nitrogen functional groups attached to an aromatic ring is 1. The van der Waals surface area contributed by atoms with Crippen molar-refractivity contribution in [3.63, 3.8) is 0 Å². The van der Waals surface area contributed by atoms with E-state index in [1.807, 2.05) is 19.0 Å². The van der Waals surface area contributed by atoms with Crippen molar-refractivity contribution in [2.75, 3.05) is 51.0 Å². The third-order valence-electron chi connectivity index (χ3n) is 7.74. The minimum absolute atomic E-state index is 0.0304. The molecule has 1 aliphatic carbocycles. The van der Waals surface area contributed by atoms with Crippen molar-refractivity contribution in [2.24, 2.45) is 5.41 Å². The normalized spacial score (nSPS) is 19.0. The summed E-state index contributed by atoms with van der Waals surface area (Å²) in [6, 6.07) is 4.46. The van der Waals surface area contributed by atoms with Gasteiger partial charge in [0, 0.05) is 41.6 Å². The second-order valence-corrected chi connectivity index (χ2v) is 12.6. The van der Waals surface area contributed by atoms with E-state index in [1.165, 1.54) is 12.1 Å². The number of nitrogens with zero attached hydrogens (tertiary/aromatic N) is 5. The zero-order valence-corrected chi connectivity index (χ0v) is 24.0. The standard InChI is InChI=1S/C28H31ClF2N6O2S/c1-36(2)13-28(8-9-28)14-39-27-34-22-17(25(35-27)37-10-3-4-15(38)7-11-37)12-18(29)20(21(22)31)16-5-6-19(30)24-23(16)33-26(32)40-24/h5-6,12,15,38H,3-4,7-11,13-14H2,1-2H3,(H2,32,33). The van der Waals surface area contributed by atoms with Crippen molar-refractivity contribution in [1.29, 1.82) is 0 Å². The fraction of sp³-hybridized carbons (Fsp3) is 0.464. The topological polar surface area (TPSA) is 101 Å². The molecule has 0 amide bonds. The van der Waals surface area contributed by atoms with Gasteiger partial charge in [-0.25, -0.2) is 13.8 Å². The van der Waals surface area contributed by atoms with E-state index < -0.39 is 17.7 Å². The van der Waals surface area contributed by atoms with Crippen LogP contribution in [-0.2, 0) is 0 Å². The first-order valence-electron chi connectivity index (χ1n) is 13.4. The molecule has 3 heterocycles. The van der Waals surface area contributed by atoms with Crippen LogP contribution in [0.1, 0.15) is 32.1 Å². The molecule has 1 unspecified atom stereocenters. The monoisotopic (exact) mass is 588 g/mol. The summed E-state index contributed by atoms with van der Waals surface area (Å²) >= 11 is 7.73. The predicted molar refractivity (Wildman–Crippen MR) is 155 cm³/mol. The van der Waals surface area contributed by atoms with E-state index >= 15 is 4.39 Å². The van der Waals surface area contributed by atoms with Crippen LogP contribution in [0.4, 0.5) is 19.7 Å². The summed E-state index contributed by atoms with van der Waals surface area (Å²) in [5.74, 6) is -0.638. The lowest BCUT2D eigenvalue weighted by Crippen LogP contribution is -2.28. The van der Waals surface area contributed by atoms with E-state index in [0.717, 1.165) is 37.1 Å². The molecule has 1 aliphatic heterocycles. The van der Waals surface area contributed by atoms with E-state index in [4.69, 9.17) is 27.1 Å². The average molecular weight is 589 g/mol. The lowest BCUT2D eigenvalue weighted by molar-refractivity contribution is 0.161. The molecule has 2 fully saturated rings. The first-order valence-corrected chi connectivity index (χ1v) is 14.6. The Morgan fingerprint density at radius 2 is 1.98 bits per heavy atom. The molecule has 212 valence electrons. The molecule has 6 rings (SSSR count). The molecular formula is C28H31ClF2N6O2S. The SMILES string of the molecule is CN(C)CC1(COc2nc(N3CCCC(O)CC3)c3cc(Cl)c(-c4ccc(F)c5sc(N)nc45)c(F)c3n2)CC1. The van der Waals surface area contributed by atoms with Gasteiger partial charge in [0.1, 0.15) is 17.2 Å². The average Bonchev–Trinajstić information content (AvgIpc) is 3.60. The summed E-state index contributed by atoms with van der Waals surface area (Å²) in [4.78, 5) is 17.7. The van der Waals surface area contributed by atoms with Gasteiger partial charge in [-0.05, 0) is 64.4 Å². The molecule has 12 heteroatoms. The Kier molecular flexibility index (Phi) is 7.18. The van der Waals surface area contributed by atoms with E-state index in [1.54, 1.807) is 6.07 Å². The van der Waals surface area contributed by atoms with Gasteiger partial charge < -0.3 is 25.4 Å². The maximum atomic E-state index is 16.5. The molecule has 40 heavy (non-hydrogen) atoms. The van der Waals surface area contributed by atoms with Crippen LogP contribution in [0.15, 0.2) is 18.2 Å². The van der Waals surface area contributed by atoms with Gasteiger partial charge >= 0.3 is 6.01 Å². The number of ether oxygens (including phenoxy) is 1. The lowest BCUT2D eigenvalue weighted by atomic mass is 10.0. The van der Waals surface area contributed by atoms with Gasteiger partial charge in [-0.1, -0.05) is 22.9 Å². The highest BCUT2D eigenvalue weighted by Gasteiger charge is 2.44. The molecule has 1 saturated carbocycles. The third-order valence-corrected chi connectivity index (χ3v) is 8.93. The third kappa shape index (κ3) is 5.15. The quantitative estimate of drug-likeness (QED) is 0.292. The van der Waals surface area contributed by atoms with Gasteiger partial charge in [0.05, 0.1) is 28.0 Å². The number of fused-ring (bicyclic) bond motifs is 2. The van der Waals surface area contributed by atoms with Crippen molar-refractivity contribution < 1.29 is 18.6 Å². The van der Waals surface area contributed by atoms with Crippen LogP contribution in [0.2, 0.25) is 5.02 Å². The molecule has 3 N–H and O–H groups in total. The van der Waals surface area contributed by atoms with Crippen LogP contribution < -0.4 is 15.4 Å². The Morgan fingerprint density at radius 1 is 1.18 bits per heavy atom. The number of nitrogens with two attached hydrogens (primary N) is 1. The fourth-order valence-corrected chi connectivity index (χ4v) is 6.67. The second-order valence-electron chi connectivity index (χ2n) is 11.2. The highest BCUT2D eigenvalue weighted by molar-refractivity contribution is 7.22. The first kappa shape index (κ1) is 27.3. The number of hydrogen-bond acceptors (Lipinski definition) is 9. The molecule has 4 aromatic rings. The number of thiazole rings is 1. The van der Waals surface area contributed by atoms with Crippen LogP contribution in [0, 0.1) is 17.0 Å². The number of aromatic nitrogens is 3. The van der Waals surface area contributed by atoms with Gasteiger partial charge in [-0.2, -0.15) is 9.97 Å². The first-order chi connectivity index (χ1) is 19.1. The van der Waals surface area contributed by atoms with Crippen molar-refractivity contribution >= 4 is 55.0 Å². The molecule has 1 saturated heterocycles. The van der Waals surface area contributed by atoms with Crippen molar-refractivity contribution in [1.82, 2.24) is 19.9 Å². The number of anilines is 2. The highest BCUT2D eigenvalue weighted by Crippen LogP contribution is 2.47. The Hall–Kier alpha value is -2.86. The molecule has 2 aliphatic rings. The van der Waals surface area contributed by atoms with Crippen LogP contribution in [0.5, 0.6) is 6.01 Å². The Labute approximate surface area is 239 Å². The maximum absolute atomic E-state index is 16.5. The van der Waals surface area contributed by atoms with Gasteiger partial charge in [0.15, 0.2) is 10.9 Å². The largest absolute Gasteiger partial charge is 0.463 e. The van der Waals surface area contributed by atoms with Crippen LogP contribution in [0.25, 0.3) is 32.2 Å². The second kappa shape index (κ2) is 10.5. The number of hydrogen-bond donors (Lipinski definition) is 2. The molecule has 1 atom stereocenters. The lowest BCUT2D eigenvalue weighted by Gasteiger charge is -2.25. The summed E-state index contributed by atoms with van der Waals surface area (Å²) < 4.78 is 37.4. The number of halogens is 3. The Balaban J connectivity index is 1.49. The highest BCUT2D eigenvalue weighted by atomic mass is 35.5. The van der Waals surface area contributed by atoms with Crippen LogP contribution in [-0.4, -0.2) is 71.4 Å². The summed E-state index contributed by atoms with van der Waals surface area (Å²) in [5.41, 5.74) is 6.60. The molecule has 8 nitrogen and oxygen atoms in total. The van der Waals surface area contributed by atoms with Gasteiger partial charge in [0.25, 0.3) is 0 Å². The van der Waals surface area contributed by atoms with E-state index in [-0.39, 0.29) is 42.9 Å². The smallest absolute Gasteiger partial charge is 0.319 e. The predicted octanol–water partition coefficient (Wildman–Crippen LogP) is 5.49. The summed E-state index contributed by atoms with van der Waals surface area (Å²) in [6.07, 6.45) is 3.71. The zero-order valence-electron chi connectivity index (χ0n) is 22.4. The van der Waals surface area contributed by atoms with Gasteiger partial charge in [-0.3, -0.25) is 0 Å². The minimum atomic E-state index is -0.667. The van der Waals surface area contributed by atoms with E-state index in [9.17, 15) is 9.50 Å². The van der Waals surface area contributed by atoms with Crippen molar-refractivity contribution in [2.45, 2.75) is 38.2 Å². The molecule has 2 aromatic heterocycles. The Bertz CT molecular complexity index is 1590. The molecule has 0 spiro atoms. The fourth-order valence-electron chi connectivity index (χ4n) is 5.61. The summed E-state index contributed by atoms with van der Waals surface area (Å²) in [5, 5.41) is 11.0. The van der Waals surface area contributed by atoms with Gasteiger partial charge in [-0.15, -0.1) is 0 Å². The van der Waals surface area contributed by atoms with Crippen LogP contribution in [0.3, 0.4) is 0 Å². The molecule has 0 bridgehead atoms.